The van der Waals surface area contributed by atoms with Crippen LogP contribution in [-0.2, 0) is 0 Å². The van der Waals surface area contributed by atoms with Gasteiger partial charge in [0.1, 0.15) is 0 Å². The molecule has 0 unspecified atom stereocenters. The quantitative estimate of drug-likeness (QED) is 0.545. The molecule has 0 spiro atoms. The Morgan fingerprint density at radius 1 is 0.963 bits per heavy atom. The molecule has 3 aliphatic rings. The van der Waals surface area contributed by atoms with Gasteiger partial charge in [-0.05, 0) is 82.3 Å². The van der Waals surface area contributed by atoms with Crippen molar-refractivity contribution in [2.75, 3.05) is 52.9 Å². The third-order valence-electron chi connectivity index (χ3n) is 8.27. The summed E-state index contributed by atoms with van der Waals surface area (Å²) < 4.78 is 0. The summed E-state index contributed by atoms with van der Waals surface area (Å²) in [4.78, 5) is 8.09. The first-order valence-electron chi connectivity index (χ1n) is 11.9. The average Bonchev–Trinajstić information content (AvgIpc) is 3.35. The highest BCUT2D eigenvalue weighted by atomic mass is 15.3. The molecule has 27 heavy (non-hydrogen) atoms. The van der Waals surface area contributed by atoms with Crippen LogP contribution in [0.2, 0.25) is 0 Å². The topological polar surface area (TPSA) is 9.72 Å². The summed E-state index contributed by atoms with van der Waals surface area (Å²) in [7, 11) is 2.38. The number of rotatable bonds is 10. The summed E-state index contributed by atoms with van der Waals surface area (Å²) in [6.45, 7) is 21.0. The predicted octanol–water partition coefficient (Wildman–Crippen LogP) is 4.72. The van der Waals surface area contributed by atoms with Crippen LogP contribution in [0.4, 0.5) is 0 Å². The highest BCUT2D eigenvalue weighted by Crippen LogP contribution is 2.56. The van der Waals surface area contributed by atoms with Gasteiger partial charge in [0.05, 0.1) is 0 Å². The molecule has 3 fully saturated rings. The summed E-state index contributed by atoms with van der Waals surface area (Å²) in [5.74, 6) is 0.850. The molecule has 1 saturated heterocycles. The lowest BCUT2D eigenvalue weighted by Crippen LogP contribution is -2.64. The van der Waals surface area contributed by atoms with Crippen LogP contribution in [0, 0.1) is 16.7 Å². The Morgan fingerprint density at radius 3 is 2.07 bits per heavy atom. The van der Waals surface area contributed by atoms with Gasteiger partial charge in [-0.3, -0.25) is 4.90 Å². The van der Waals surface area contributed by atoms with Gasteiger partial charge < -0.3 is 9.80 Å². The maximum absolute atomic E-state index is 2.82. The van der Waals surface area contributed by atoms with Gasteiger partial charge in [0.25, 0.3) is 0 Å². The van der Waals surface area contributed by atoms with E-state index in [9.17, 15) is 0 Å². The first-order valence-corrected chi connectivity index (χ1v) is 11.9. The minimum atomic E-state index is 0.476. The smallest absolute Gasteiger partial charge is 0.0193 e. The van der Waals surface area contributed by atoms with Gasteiger partial charge in [0.15, 0.2) is 0 Å². The maximum Gasteiger partial charge on any atom is 0.0193 e. The predicted molar refractivity (Wildman–Crippen MR) is 117 cm³/mol. The Hall–Kier alpha value is -0.120. The van der Waals surface area contributed by atoms with Gasteiger partial charge in [-0.15, -0.1) is 0 Å². The molecule has 0 atom stereocenters. The summed E-state index contributed by atoms with van der Waals surface area (Å²) in [5, 5.41) is 0. The van der Waals surface area contributed by atoms with Crippen LogP contribution in [0.5, 0.6) is 0 Å². The molecule has 2 aliphatic carbocycles. The maximum atomic E-state index is 2.82. The van der Waals surface area contributed by atoms with E-state index in [1.165, 1.54) is 90.8 Å². The Kier molecular flexibility index (Phi) is 6.65. The number of piperazine rings is 1. The summed E-state index contributed by atoms with van der Waals surface area (Å²) in [5.41, 5.74) is 1.76. The lowest BCUT2D eigenvalue weighted by molar-refractivity contribution is -0.0974. The molecule has 1 heterocycles. The minimum Gasteiger partial charge on any atom is -0.306 e. The molecule has 0 bridgehead atoms. The van der Waals surface area contributed by atoms with Crippen molar-refractivity contribution < 1.29 is 0 Å². The Balaban J connectivity index is 1.44. The van der Waals surface area contributed by atoms with Crippen LogP contribution in [0.25, 0.3) is 0 Å². The van der Waals surface area contributed by atoms with E-state index in [1.807, 2.05) is 0 Å². The lowest BCUT2D eigenvalue weighted by Gasteiger charge is -2.61. The van der Waals surface area contributed by atoms with E-state index < -0.39 is 0 Å². The molecule has 0 aromatic heterocycles. The second-order valence-electron chi connectivity index (χ2n) is 11.2. The Morgan fingerprint density at radius 2 is 1.59 bits per heavy atom. The van der Waals surface area contributed by atoms with Crippen molar-refractivity contribution >= 4 is 0 Å². The van der Waals surface area contributed by atoms with Gasteiger partial charge in [0.2, 0.25) is 0 Å². The highest BCUT2D eigenvalue weighted by Gasteiger charge is 2.53. The third kappa shape index (κ3) is 5.08. The van der Waals surface area contributed by atoms with Crippen LogP contribution in [0.1, 0.15) is 79.6 Å². The van der Waals surface area contributed by atoms with Gasteiger partial charge >= 0.3 is 0 Å². The second kappa shape index (κ2) is 8.32. The molecule has 1 aliphatic heterocycles. The average molecular weight is 378 g/mol. The van der Waals surface area contributed by atoms with Crippen LogP contribution in [0.15, 0.2) is 0 Å². The molecule has 0 aromatic rings. The van der Waals surface area contributed by atoms with E-state index in [-0.39, 0.29) is 0 Å². The Labute approximate surface area is 169 Å². The first kappa shape index (κ1) is 21.6. The molecule has 3 heteroatoms. The normalized spacial score (nSPS) is 34.2. The highest BCUT2D eigenvalue weighted by molar-refractivity contribution is 5.08. The zero-order valence-electron chi connectivity index (χ0n) is 19.3. The van der Waals surface area contributed by atoms with Gasteiger partial charge in [-0.25, -0.2) is 0 Å². The zero-order chi connectivity index (χ0) is 19.7. The van der Waals surface area contributed by atoms with E-state index in [2.05, 4.69) is 56.4 Å². The van der Waals surface area contributed by atoms with E-state index in [0.29, 0.717) is 16.4 Å². The van der Waals surface area contributed by atoms with Crippen molar-refractivity contribution in [2.45, 2.75) is 85.1 Å². The van der Waals surface area contributed by atoms with E-state index in [1.54, 1.807) is 0 Å². The first-order chi connectivity index (χ1) is 12.7. The van der Waals surface area contributed by atoms with Crippen molar-refractivity contribution in [3.8, 4) is 0 Å². The molecular formula is C24H47N3. The van der Waals surface area contributed by atoms with Gasteiger partial charge in [0, 0.05) is 38.3 Å². The fourth-order valence-electron chi connectivity index (χ4n) is 6.54. The molecule has 158 valence electrons. The molecule has 0 radical (unpaired) electrons. The van der Waals surface area contributed by atoms with E-state index >= 15 is 0 Å². The Bertz CT molecular complexity index is 468. The molecule has 0 aromatic carbocycles. The van der Waals surface area contributed by atoms with Crippen molar-refractivity contribution in [2.24, 2.45) is 16.7 Å². The van der Waals surface area contributed by atoms with E-state index in [0.717, 1.165) is 5.92 Å². The van der Waals surface area contributed by atoms with Crippen LogP contribution < -0.4 is 0 Å². The molecule has 0 N–H and O–H groups in total. The number of likely N-dealkylation sites (N-methyl/N-ethyl adjacent to an activating group) is 1. The SMILES string of the molecule is CCN1CCN(C2(C)CC(CC)(CCN(C)CC3(CC(C)C)CC3)C2)CC1. The van der Waals surface area contributed by atoms with Crippen molar-refractivity contribution in [1.82, 2.24) is 14.7 Å². The largest absolute Gasteiger partial charge is 0.306 e. The summed E-state index contributed by atoms with van der Waals surface area (Å²) in [6.07, 6.45) is 9.98. The minimum absolute atomic E-state index is 0.476. The van der Waals surface area contributed by atoms with Crippen LogP contribution in [0.3, 0.4) is 0 Å². The van der Waals surface area contributed by atoms with Crippen molar-refractivity contribution in [3.05, 3.63) is 0 Å². The zero-order valence-corrected chi connectivity index (χ0v) is 19.3. The molecular weight excluding hydrogens is 330 g/mol. The van der Waals surface area contributed by atoms with Crippen molar-refractivity contribution in [1.29, 1.82) is 0 Å². The van der Waals surface area contributed by atoms with Crippen LogP contribution in [-0.4, -0.2) is 73.1 Å². The fourth-order valence-corrected chi connectivity index (χ4v) is 6.54. The fraction of sp³-hybridized carbons (Fsp3) is 1.00. The number of nitrogens with zero attached hydrogens (tertiary/aromatic N) is 3. The van der Waals surface area contributed by atoms with Gasteiger partial charge in [-0.1, -0.05) is 34.1 Å². The number of hydrogen-bond acceptors (Lipinski definition) is 3. The summed E-state index contributed by atoms with van der Waals surface area (Å²) in [6, 6.07) is 0. The standard InChI is InChI=1S/C24H47N3/c1-7-23(11-12-25(6)20-24(9-10-24)17-21(3)4)18-22(5,19-23)27-15-13-26(8-2)14-16-27/h21H,7-20H2,1-6H3. The monoisotopic (exact) mass is 377 g/mol. The van der Waals surface area contributed by atoms with Crippen LogP contribution >= 0.6 is 0 Å². The van der Waals surface area contributed by atoms with E-state index in [4.69, 9.17) is 0 Å². The summed E-state index contributed by atoms with van der Waals surface area (Å²) >= 11 is 0. The lowest BCUT2D eigenvalue weighted by atomic mass is 9.54. The molecule has 3 nitrogen and oxygen atoms in total. The second-order valence-corrected chi connectivity index (χ2v) is 11.2. The number of hydrogen-bond donors (Lipinski definition) is 0. The molecule has 3 rings (SSSR count). The van der Waals surface area contributed by atoms with Crippen molar-refractivity contribution in [3.63, 3.8) is 0 Å². The van der Waals surface area contributed by atoms with Gasteiger partial charge in [-0.2, -0.15) is 0 Å². The molecule has 2 saturated carbocycles. The third-order valence-corrected chi connectivity index (χ3v) is 8.27. The molecule has 0 amide bonds.